The highest BCUT2D eigenvalue weighted by Crippen LogP contribution is 2.38. The molecule has 8 nitrogen and oxygen atoms in total. The van der Waals surface area contributed by atoms with E-state index in [0.717, 1.165) is 11.3 Å². The van der Waals surface area contributed by atoms with E-state index in [1.54, 1.807) is 17.6 Å². The summed E-state index contributed by atoms with van der Waals surface area (Å²) in [6.45, 7) is 1.30. The molecule has 2 aromatic rings. The molecule has 0 bridgehead atoms. The van der Waals surface area contributed by atoms with E-state index in [9.17, 15) is 9.59 Å². The van der Waals surface area contributed by atoms with E-state index in [1.807, 2.05) is 43.3 Å². The van der Waals surface area contributed by atoms with Crippen molar-refractivity contribution in [2.45, 2.75) is 12.0 Å². The van der Waals surface area contributed by atoms with E-state index in [2.05, 4.69) is 5.32 Å². The van der Waals surface area contributed by atoms with E-state index in [1.165, 1.54) is 12.1 Å². The minimum absolute atomic E-state index is 0.0349. The molecule has 0 aliphatic carbocycles. The molecule has 29 heavy (non-hydrogen) atoms. The molecule has 0 saturated carbocycles. The zero-order valence-corrected chi connectivity index (χ0v) is 16.4. The normalized spacial score (nSPS) is 17.4. The number of likely N-dealkylation sites (N-methyl/N-ethyl adjacent to an activating group) is 1. The van der Waals surface area contributed by atoms with Crippen LogP contribution >= 0.6 is 0 Å². The Kier molecular flexibility index (Phi) is 6.69. The van der Waals surface area contributed by atoms with Crippen LogP contribution in [-0.2, 0) is 4.79 Å². The molecule has 1 aliphatic heterocycles. The van der Waals surface area contributed by atoms with Crippen LogP contribution < -0.4 is 20.3 Å². The SMILES string of the molecule is CN(C)CC1c2ccccc2OC1C(=O)NCCOc1ccc(C(=O)NO)cc1. The van der Waals surface area contributed by atoms with Crippen LogP contribution in [0.25, 0.3) is 0 Å². The van der Waals surface area contributed by atoms with Crippen molar-refractivity contribution < 1.29 is 24.3 Å². The molecule has 0 saturated heterocycles. The number of ether oxygens (including phenoxy) is 2. The Labute approximate surface area is 169 Å². The Balaban J connectivity index is 1.51. The lowest BCUT2D eigenvalue weighted by molar-refractivity contribution is -0.128. The number of hydrogen-bond acceptors (Lipinski definition) is 6. The molecule has 3 rings (SSSR count). The molecule has 154 valence electrons. The van der Waals surface area contributed by atoms with Crippen LogP contribution in [0.5, 0.6) is 11.5 Å². The number of amides is 2. The summed E-state index contributed by atoms with van der Waals surface area (Å²) in [5.41, 5.74) is 2.94. The van der Waals surface area contributed by atoms with Crippen molar-refractivity contribution in [1.29, 1.82) is 0 Å². The van der Waals surface area contributed by atoms with Crippen molar-refractivity contribution in [3.8, 4) is 11.5 Å². The van der Waals surface area contributed by atoms with E-state index in [4.69, 9.17) is 14.7 Å². The summed E-state index contributed by atoms with van der Waals surface area (Å²) in [6.07, 6.45) is -0.578. The van der Waals surface area contributed by atoms with Gasteiger partial charge < -0.3 is 19.7 Å². The van der Waals surface area contributed by atoms with Gasteiger partial charge in [0.05, 0.1) is 6.54 Å². The van der Waals surface area contributed by atoms with Crippen molar-refractivity contribution in [3.05, 3.63) is 59.7 Å². The average Bonchev–Trinajstić information content (AvgIpc) is 3.09. The number of para-hydroxylation sites is 1. The van der Waals surface area contributed by atoms with Crippen molar-refractivity contribution >= 4 is 11.8 Å². The van der Waals surface area contributed by atoms with Gasteiger partial charge in [-0.15, -0.1) is 0 Å². The molecule has 8 heteroatoms. The molecule has 2 atom stereocenters. The van der Waals surface area contributed by atoms with Gasteiger partial charge in [-0.1, -0.05) is 18.2 Å². The third-order valence-corrected chi connectivity index (χ3v) is 4.65. The highest BCUT2D eigenvalue weighted by Gasteiger charge is 2.39. The number of carbonyl (C=O) groups is 2. The second kappa shape index (κ2) is 9.40. The lowest BCUT2D eigenvalue weighted by atomic mass is 9.94. The average molecular weight is 399 g/mol. The summed E-state index contributed by atoms with van der Waals surface area (Å²) in [6, 6.07) is 14.1. The van der Waals surface area contributed by atoms with E-state index < -0.39 is 12.0 Å². The first-order valence-corrected chi connectivity index (χ1v) is 9.35. The fourth-order valence-electron chi connectivity index (χ4n) is 3.31. The molecule has 2 unspecified atom stereocenters. The van der Waals surface area contributed by atoms with Crippen LogP contribution in [0.2, 0.25) is 0 Å². The number of carbonyl (C=O) groups excluding carboxylic acids is 2. The quantitative estimate of drug-likeness (QED) is 0.353. The largest absolute Gasteiger partial charge is 0.492 e. The summed E-state index contributed by atoms with van der Waals surface area (Å²) < 4.78 is 11.5. The number of hydrogen-bond donors (Lipinski definition) is 3. The maximum Gasteiger partial charge on any atom is 0.274 e. The van der Waals surface area contributed by atoms with E-state index >= 15 is 0 Å². The number of fused-ring (bicyclic) bond motifs is 1. The molecule has 0 spiro atoms. The number of rotatable bonds is 8. The summed E-state index contributed by atoms with van der Waals surface area (Å²) in [7, 11) is 3.94. The molecule has 0 aromatic heterocycles. The highest BCUT2D eigenvalue weighted by atomic mass is 16.5. The maximum atomic E-state index is 12.7. The van der Waals surface area contributed by atoms with Gasteiger partial charge in [-0.3, -0.25) is 14.8 Å². The van der Waals surface area contributed by atoms with Gasteiger partial charge in [0.2, 0.25) is 0 Å². The Morgan fingerprint density at radius 2 is 1.86 bits per heavy atom. The van der Waals surface area contributed by atoms with E-state index in [-0.39, 0.29) is 18.4 Å². The van der Waals surface area contributed by atoms with Gasteiger partial charge in [0.25, 0.3) is 11.8 Å². The lowest BCUT2D eigenvalue weighted by Crippen LogP contribution is -2.43. The van der Waals surface area contributed by atoms with Crippen molar-refractivity contribution in [2.75, 3.05) is 33.8 Å². The molecular weight excluding hydrogens is 374 g/mol. The molecule has 2 aromatic carbocycles. The predicted octanol–water partition coefficient (Wildman–Crippen LogP) is 1.41. The molecule has 1 aliphatic rings. The van der Waals surface area contributed by atoms with Crippen LogP contribution in [0.4, 0.5) is 0 Å². The molecular formula is C21H25N3O5. The maximum absolute atomic E-state index is 12.7. The third kappa shape index (κ3) is 5.04. The number of nitrogens with one attached hydrogen (secondary N) is 2. The summed E-state index contributed by atoms with van der Waals surface area (Å²) in [5, 5.41) is 11.5. The number of benzene rings is 2. The van der Waals surface area contributed by atoms with Gasteiger partial charge in [-0.05, 0) is 44.4 Å². The summed E-state index contributed by atoms with van der Waals surface area (Å²) in [4.78, 5) is 26.0. The monoisotopic (exact) mass is 399 g/mol. The van der Waals surface area contributed by atoms with E-state index in [0.29, 0.717) is 24.4 Å². The number of hydroxylamine groups is 1. The zero-order chi connectivity index (χ0) is 20.8. The fraction of sp³-hybridized carbons (Fsp3) is 0.333. The number of nitrogens with zero attached hydrogens (tertiary/aromatic N) is 1. The Hall–Kier alpha value is -3.10. The molecule has 0 fully saturated rings. The van der Waals surface area contributed by atoms with Gasteiger partial charge >= 0.3 is 0 Å². The molecule has 2 amide bonds. The van der Waals surface area contributed by atoms with Gasteiger partial charge in [0, 0.05) is 23.6 Å². The minimum Gasteiger partial charge on any atom is -0.492 e. The standard InChI is InChI=1S/C21H25N3O5/c1-24(2)13-17-16-5-3-4-6-18(16)29-19(17)21(26)22-11-12-28-15-9-7-14(8-10-15)20(25)23-27/h3-10,17,19,27H,11-13H2,1-2H3,(H,22,26)(H,23,25). The first-order chi connectivity index (χ1) is 14.0. The molecule has 0 radical (unpaired) electrons. The van der Waals surface area contributed by atoms with Gasteiger partial charge in [-0.25, -0.2) is 5.48 Å². The predicted molar refractivity (Wildman–Crippen MR) is 106 cm³/mol. The second-order valence-corrected chi connectivity index (χ2v) is 7.05. The Bertz CT molecular complexity index is 854. The fourth-order valence-corrected chi connectivity index (χ4v) is 3.31. The second-order valence-electron chi connectivity index (χ2n) is 7.05. The van der Waals surface area contributed by atoms with Crippen molar-refractivity contribution in [3.63, 3.8) is 0 Å². The molecule has 3 N–H and O–H groups in total. The van der Waals surface area contributed by atoms with Gasteiger partial charge in [0.1, 0.15) is 18.1 Å². The molecule has 1 heterocycles. The topological polar surface area (TPSA) is 100 Å². The van der Waals surface area contributed by atoms with Crippen molar-refractivity contribution in [2.24, 2.45) is 0 Å². The van der Waals surface area contributed by atoms with Crippen LogP contribution in [0, 0.1) is 0 Å². The van der Waals surface area contributed by atoms with Gasteiger partial charge in [-0.2, -0.15) is 0 Å². The van der Waals surface area contributed by atoms with Crippen molar-refractivity contribution in [1.82, 2.24) is 15.7 Å². The Morgan fingerprint density at radius 3 is 2.55 bits per heavy atom. The van der Waals surface area contributed by atoms with Crippen LogP contribution in [-0.4, -0.2) is 61.8 Å². The first kappa shape index (κ1) is 20.6. The minimum atomic E-state index is -0.589. The zero-order valence-electron chi connectivity index (χ0n) is 16.4. The van der Waals surface area contributed by atoms with Crippen LogP contribution in [0.1, 0.15) is 21.8 Å². The highest BCUT2D eigenvalue weighted by molar-refractivity contribution is 5.93. The summed E-state index contributed by atoms with van der Waals surface area (Å²) in [5.74, 6) is 0.513. The van der Waals surface area contributed by atoms with Crippen LogP contribution in [0.15, 0.2) is 48.5 Å². The van der Waals surface area contributed by atoms with Crippen LogP contribution in [0.3, 0.4) is 0 Å². The smallest absolute Gasteiger partial charge is 0.274 e. The summed E-state index contributed by atoms with van der Waals surface area (Å²) >= 11 is 0. The Morgan fingerprint density at radius 1 is 1.14 bits per heavy atom. The lowest BCUT2D eigenvalue weighted by Gasteiger charge is -2.21. The first-order valence-electron chi connectivity index (χ1n) is 9.35. The third-order valence-electron chi connectivity index (χ3n) is 4.65. The van der Waals surface area contributed by atoms with Gasteiger partial charge in [0.15, 0.2) is 6.10 Å².